The van der Waals surface area contributed by atoms with Crippen LogP contribution in [0.5, 0.6) is 6.01 Å². The van der Waals surface area contributed by atoms with Crippen molar-refractivity contribution in [2.75, 3.05) is 27.2 Å². The molecule has 0 unspecified atom stereocenters. The van der Waals surface area contributed by atoms with Crippen molar-refractivity contribution in [3.63, 3.8) is 0 Å². The SMILES string of the molecule is CN(C)CCCOc1nc2cnccc2c(=O)[nH]1. The van der Waals surface area contributed by atoms with Crippen LogP contribution in [0, 0.1) is 0 Å². The van der Waals surface area contributed by atoms with Gasteiger partial charge < -0.3 is 9.64 Å². The summed E-state index contributed by atoms with van der Waals surface area (Å²) in [6, 6.07) is 1.89. The Labute approximate surface area is 105 Å². The van der Waals surface area contributed by atoms with Gasteiger partial charge in [0.15, 0.2) is 0 Å². The second kappa shape index (κ2) is 5.59. The van der Waals surface area contributed by atoms with E-state index in [0.717, 1.165) is 13.0 Å². The van der Waals surface area contributed by atoms with Crippen molar-refractivity contribution in [2.24, 2.45) is 0 Å². The second-order valence-electron chi connectivity index (χ2n) is 4.27. The minimum Gasteiger partial charge on any atom is -0.465 e. The number of pyridine rings is 1. The molecule has 0 radical (unpaired) electrons. The van der Waals surface area contributed by atoms with Gasteiger partial charge in [0.1, 0.15) is 0 Å². The van der Waals surface area contributed by atoms with Crippen molar-refractivity contribution < 1.29 is 4.74 Å². The highest BCUT2D eigenvalue weighted by atomic mass is 16.5. The molecular formula is C12H16N4O2. The summed E-state index contributed by atoms with van der Waals surface area (Å²) in [5.41, 5.74) is 0.342. The van der Waals surface area contributed by atoms with Gasteiger partial charge in [0.25, 0.3) is 11.6 Å². The van der Waals surface area contributed by atoms with E-state index < -0.39 is 0 Å². The van der Waals surface area contributed by atoms with Crippen LogP contribution in [0.4, 0.5) is 0 Å². The molecule has 0 fully saturated rings. The van der Waals surface area contributed by atoms with Crippen LogP contribution in [0.25, 0.3) is 10.9 Å². The van der Waals surface area contributed by atoms with Gasteiger partial charge in [-0.25, -0.2) is 0 Å². The Kier molecular flexibility index (Phi) is 3.88. The smallest absolute Gasteiger partial charge is 0.297 e. The molecule has 0 aliphatic rings. The quantitative estimate of drug-likeness (QED) is 0.787. The van der Waals surface area contributed by atoms with Crippen LogP contribution in [0.15, 0.2) is 23.3 Å². The van der Waals surface area contributed by atoms with Gasteiger partial charge in [-0.2, -0.15) is 4.98 Å². The van der Waals surface area contributed by atoms with Crippen molar-refractivity contribution in [1.29, 1.82) is 0 Å². The van der Waals surface area contributed by atoms with E-state index in [4.69, 9.17) is 4.74 Å². The molecule has 0 aliphatic carbocycles. The highest BCUT2D eigenvalue weighted by Crippen LogP contribution is 2.07. The van der Waals surface area contributed by atoms with Crippen molar-refractivity contribution in [3.05, 3.63) is 28.8 Å². The lowest BCUT2D eigenvalue weighted by Gasteiger charge is -2.09. The highest BCUT2D eigenvalue weighted by Gasteiger charge is 2.04. The lowest BCUT2D eigenvalue weighted by atomic mass is 10.3. The standard InChI is InChI=1S/C12H16N4O2/c1-16(2)6-3-7-18-12-14-10-8-13-5-4-9(10)11(17)15-12/h4-5,8H,3,6-7H2,1-2H3,(H,14,15,17). The number of ether oxygens (including phenoxy) is 1. The molecule has 0 bridgehead atoms. The first kappa shape index (κ1) is 12.5. The lowest BCUT2D eigenvalue weighted by molar-refractivity contribution is 0.264. The Morgan fingerprint density at radius 3 is 3.06 bits per heavy atom. The molecular weight excluding hydrogens is 232 g/mol. The van der Waals surface area contributed by atoms with E-state index in [1.165, 1.54) is 0 Å². The summed E-state index contributed by atoms with van der Waals surface area (Å²) in [5, 5.41) is 0.519. The normalized spacial score (nSPS) is 11.1. The average molecular weight is 248 g/mol. The number of fused-ring (bicyclic) bond motifs is 1. The van der Waals surface area contributed by atoms with Crippen LogP contribution in [-0.2, 0) is 0 Å². The fourth-order valence-electron chi connectivity index (χ4n) is 1.59. The number of nitrogens with one attached hydrogen (secondary N) is 1. The molecule has 0 amide bonds. The predicted molar refractivity (Wildman–Crippen MR) is 68.8 cm³/mol. The second-order valence-corrected chi connectivity index (χ2v) is 4.27. The van der Waals surface area contributed by atoms with E-state index in [0.29, 0.717) is 17.5 Å². The number of rotatable bonds is 5. The van der Waals surface area contributed by atoms with Gasteiger partial charge in [0.2, 0.25) is 0 Å². The molecule has 0 atom stereocenters. The molecule has 0 saturated carbocycles. The molecule has 0 aliphatic heterocycles. The van der Waals surface area contributed by atoms with E-state index in [2.05, 4.69) is 19.9 Å². The van der Waals surface area contributed by atoms with Gasteiger partial charge in [-0.05, 0) is 26.6 Å². The summed E-state index contributed by atoms with van der Waals surface area (Å²) in [5.74, 6) is 0. The number of aromatic amines is 1. The minimum absolute atomic E-state index is 0.204. The number of nitrogens with zero attached hydrogens (tertiary/aromatic N) is 3. The van der Waals surface area contributed by atoms with E-state index >= 15 is 0 Å². The van der Waals surface area contributed by atoms with Crippen molar-refractivity contribution in [3.8, 4) is 6.01 Å². The molecule has 2 heterocycles. The summed E-state index contributed by atoms with van der Waals surface area (Å²) >= 11 is 0. The first-order chi connectivity index (χ1) is 8.66. The molecule has 18 heavy (non-hydrogen) atoms. The maximum atomic E-state index is 11.7. The van der Waals surface area contributed by atoms with Gasteiger partial charge in [-0.3, -0.25) is 14.8 Å². The van der Waals surface area contributed by atoms with E-state index in [9.17, 15) is 4.79 Å². The first-order valence-corrected chi connectivity index (χ1v) is 5.78. The Bertz CT molecular complexity index is 580. The van der Waals surface area contributed by atoms with E-state index in [1.807, 2.05) is 14.1 Å². The molecule has 1 N–H and O–H groups in total. The molecule has 0 saturated heterocycles. The molecule has 2 aromatic rings. The third kappa shape index (κ3) is 3.04. The topological polar surface area (TPSA) is 71.1 Å². The van der Waals surface area contributed by atoms with Crippen LogP contribution in [-0.4, -0.2) is 47.1 Å². The summed E-state index contributed by atoms with van der Waals surface area (Å²) in [6.07, 6.45) is 4.00. The average Bonchev–Trinajstić information content (AvgIpc) is 2.35. The van der Waals surface area contributed by atoms with Gasteiger partial charge in [0.05, 0.1) is 23.7 Å². The summed E-state index contributed by atoms with van der Waals surface area (Å²) in [4.78, 5) is 24.5. The number of H-pyrrole nitrogens is 1. The maximum absolute atomic E-state index is 11.7. The summed E-state index contributed by atoms with van der Waals surface area (Å²) < 4.78 is 5.42. The Hall–Kier alpha value is -1.95. The highest BCUT2D eigenvalue weighted by molar-refractivity contribution is 5.76. The van der Waals surface area contributed by atoms with Crippen LogP contribution in [0.2, 0.25) is 0 Å². The molecule has 6 nitrogen and oxygen atoms in total. The van der Waals surface area contributed by atoms with Crippen LogP contribution >= 0.6 is 0 Å². The predicted octanol–water partition coefficient (Wildman–Crippen LogP) is 0.649. The Morgan fingerprint density at radius 1 is 1.44 bits per heavy atom. The van der Waals surface area contributed by atoms with Crippen LogP contribution in [0.1, 0.15) is 6.42 Å². The van der Waals surface area contributed by atoms with Crippen molar-refractivity contribution >= 4 is 10.9 Å². The molecule has 96 valence electrons. The molecule has 0 aromatic carbocycles. The third-order valence-electron chi connectivity index (χ3n) is 2.48. The zero-order valence-corrected chi connectivity index (χ0v) is 10.5. The molecule has 2 rings (SSSR count). The fraction of sp³-hybridized carbons (Fsp3) is 0.417. The number of aromatic nitrogens is 3. The Balaban J connectivity index is 2.08. The third-order valence-corrected chi connectivity index (χ3v) is 2.48. The monoisotopic (exact) mass is 248 g/mol. The van der Waals surface area contributed by atoms with E-state index in [-0.39, 0.29) is 11.6 Å². The molecule has 0 spiro atoms. The number of hydrogen-bond donors (Lipinski definition) is 1. The Morgan fingerprint density at radius 2 is 2.28 bits per heavy atom. The maximum Gasteiger partial charge on any atom is 0.297 e. The van der Waals surface area contributed by atoms with Gasteiger partial charge >= 0.3 is 0 Å². The summed E-state index contributed by atoms with van der Waals surface area (Å²) in [6.45, 7) is 1.45. The number of hydrogen-bond acceptors (Lipinski definition) is 5. The lowest BCUT2D eigenvalue weighted by Crippen LogP contribution is -2.17. The minimum atomic E-state index is -0.204. The largest absolute Gasteiger partial charge is 0.465 e. The fourth-order valence-corrected chi connectivity index (χ4v) is 1.59. The van der Waals surface area contributed by atoms with E-state index in [1.54, 1.807) is 18.5 Å². The zero-order valence-electron chi connectivity index (χ0n) is 10.5. The van der Waals surface area contributed by atoms with Crippen LogP contribution < -0.4 is 10.3 Å². The van der Waals surface area contributed by atoms with Crippen molar-refractivity contribution in [1.82, 2.24) is 19.9 Å². The van der Waals surface area contributed by atoms with Gasteiger partial charge in [-0.1, -0.05) is 0 Å². The van der Waals surface area contributed by atoms with Gasteiger partial charge in [-0.15, -0.1) is 0 Å². The van der Waals surface area contributed by atoms with Gasteiger partial charge in [0, 0.05) is 12.7 Å². The van der Waals surface area contributed by atoms with Crippen molar-refractivity contribution in [2.45, 2.75) is 6.42 Å². The summed E-state index contributed by atoms with van der Waals surface area (Å²) in [7, 11) is 4.00. The molecule has 6 heteroatoms. The first-order valence-electron chi connectivity index (χ1n) is 5.78. The zero-order chi connectivity index (χ0) is 13.0. The van der Waals surface area contributed by atoms with Crippen LogP contribution in [0.3, 0.4) is 0 Å². The molecule has 2 aromatic heterocycles.